The van der Waals surface area contributed by atoms with E-state index in [1.54, 1.807) is 17.1 Å². The van der Waals surface area contributed by atoms with E-state index in [9.17, 15) is 9.18 Å². The summed E-state index contributed by atoms with van der Waals surface area (Å²) in [7, 11) is 1.87. The minimum absolute atomic E-state index is 0.0255. The number of nitrogens with one attached hydrogen (secondary N) is 1. The summed E-state index contributed by atoms with van der Waals surface area (Å²) in [4.78, 5) is 21.9. The van der Waals surface area contributed by atoms with Crippen molar-refractivity contribution in [1.29, 1.82) is 0 Å². The zero-order chi connectivity index (χ0) is 19.8. The van der Waals surface area contributed by atoms with Crippen molar-refractivity contribution in [2.24, 2.45) is 7.05 Å². The minimum atomic E-state index is -0.533. The average molecular weight is 404 g/mol. The van der Waals surface area contributed by atoms with E-state index in [0.717, 1.165) is 28.7 Å². The van der Waals surface area contributed by atoms with Gasteiger partial charge in [0.2, 0.25) is 17.7 Å². The van der Waals surface area contributed by atoms with Crippen molar-refractivity contribution in [3.63, 3.8) is 0 Å². The molecular weight excluding hydrogens is 383 g/mol. The highest BCUT2D eigenvalue weighted by molar-refractivity contribution is 7.15. The molecule has 0 radical (unpaired) electrons. The number of fused-ring (bicyclic) bond motifs is 1. The number of hydrogen-bond acceptors (Lipinski definition) is 7. The minimum Gasteiger partial charge on any atom is -0.473 e. The number of likely N-dealkylation sites (tertiary alicyclic amines) is 1. The number of nitrogens with zero attached hydrogens (tertiary/aromatic N) is 5. The van der Waals surface area contributed by atoms with Gasteiger partial charge in [-0.15, -0.1) is 0 Å². The van der Waals surface area contributed by atoms with Gasteiger partial charge in [0.1, 0.15) is 6.10 Å². The van der Waals surface area contributed by atoms with E-state index in [1.807, 2.05) is 13.1 Å². The monoisotopic (exact) mass is 404 g/mol. The lowest BCUT2D eigenvalue weighted by atomic mass is 10.2. The number of aryl methyl sites for hydroxylation is 1. The van der Waals surface area contributed by atoms with Crippen molar-refractivity contribution in [1.82, 2.24) is 24.6 Å². The number of amides is 1. The molecule has 0 bridgehead atoms. The second-order valence-corrected chi connectivity index (χ2v) is 8.10. The molecular formula is C18H21FN6O2S. The van der Waals surface area contributed by atoms with E-state index in [0.29, 0.717) is 23.8 Å². The predicted molar refractivity (Wildman–Crippen MR) is 104 cm³/mol. The summed E-state index contributed by atoms with van der Waals surface area (Å²) < 4.78 is 21.9. The van der Waals surface area contributed by atoms with Crippen molar-refractivity contribution >= 4 is 33.3 Å². The van der Waals surface area contributed by atoms with Crippen molar-refractivity contribution in [2.75, 3.05) is 11.9 Å². The number of rotatable bonds is 5. The quantitative estimate of drug-likeness (QED) is 0.704. The number of pyridine rings is 1. The number of thiazole rings is 1. The highest BCUT2D eigenvalue weighted by Crippen LogP contribution is 2.29. The van der Waals surface area contributed by atoms with Crippen LogP contribution in [0.25, 0.3) is 10.9 Å². The Bertz CT molecular complexity index is 1020. The topological polar surface area (TPSA) is 85.2 Å². The third kappa shape index (κ3) is 3.83. The van der Waals surface area contributed by atoms with Gasteiger partial charge in [-0.05, 0) is 6.92 Å². The predicted octanol–water partition coefficient (Wildman–Crippen LogP) is 2.56. The molecule has 0 aromatic carbocycles. The Balaban J connectivity index is 1.41. The molecule has 2 atom stereocenters. The third-order valence-corrected chi connectivity index (χ3v) is 5.77. The van der Waals surface area contributed by atoms with Crippen molar-refractivity contribution in [3.05, 3.63) is 29.3 Å². The Labute approximate surface area is 165 Å². The fourth-order valence-electron chi connectivity index (χ4n) is 3.43. The smallest absolute Gasteiger partial charge is 0.230 e. The summed E-state index contributed by atoms with van der Waals surface area (Å²) in [6.07, 6.45) is 4.34. The van der Waals surface area contributed by atoms with Crippen LogP contribution in [0.5, 0.6) is 5.88 Å². The first-order valence-electron chi connectivity index (χ1n) is 9.00. The van der Waals surface area contributed by atoms with Gasteiger partial charge in [0, 0.05) is 51.0 Å². The molecule has 4 heterocycles. The van der Waals surface area contributed by atoms with Gasteiger partial charge in [-0.1, -0.05) is 11.3 Å². The van der Waals surface area contributed by atoms with Gasteiger partial charge in [0.05, 0.1) is 22.8 Å². The molecule has 8 nitrogen and oxygen atoms in total. The SMILES string of the molecule is CC(=O)Nc1nc(F)c(CN2CC(Oc3cc4cnn(C)c4cn3)CC2C)s1. The maximum atomic E-state index is 14.1. The largest absolute Gasteiger partial charge is 0.473 e. The van der Waals surface area contributed by atoms with Gasteiger partial charge in [-0.3, -0.25) is 14.4 Å². The first kappa shape index (κ1) is 18.8. The van der Waals surface area contributed by atoms with Gasteiger partial charge < -0.3 is 10.1 Å². The lowest BCUT2D eigenvalue weighted by molar-refractivity contribution is -0.114. The molecule has 148 valence electrons. The summed E-state index contributed by atoms with van der Waals surface area (Å²) in [6.45, 7) is 4.56. The molecule has 1 saturated heterocycles. The zero-order valence-electron chi connectivity index (χ0n) is 15.8. The van der Waals surface area contributed by atoms with Gasteiger partial charge in [-0.2, -0.15) is 14.5 Å². The number of hydrogen-bond donors (Lipinski definition) is 1. The first-order valence-corrected chi connectivity index (χ1v) is 9.82. The van der Waals surface area contributed by atoms with Crippen LogP contribution in [0.2, 0.25) is 0 Å². The molecule has 28 heavy (non-hydrogen) atoms. The van der Waals surface area contributed by atoms with Crippen LogP contribution in [-0.2, 0) is 18.4 Å². The maximum Gasteiger partial charge on any atom is 0.230 e. The van der Waals surface area contributed by atoms with Crippen molar-refractivity contribution in [2.45, 2.75) is 39.0 Å². The molecule has 0 saturated carbocycles. The van der Waals surface area contributed by atoms with Gasteiger partial charge in [0.25, 0.3) is 0 Å². The van der Waals surface area contributed by atoms with Crippen LogP contribution in [-0.4, -0.2) is 49.2 Å². The zero-order valence-corrected chi connectivity index (χ0v) is 16.7. The Morgan fingerprint density at radius 2 is 2.29 bits per heavy atom. The Morgan fingerprint density at radius 1 is 1.46 bits per heavy atom. The Hall–Kier alpha value is -2.59. The molecule has 1 amide bonds. The standard InChI is InChI=1S/C18H21FN6O2S/c1-10-4-13(27-16-5-12-6-21-24(3)14(12)7-20-16)8-25(10)9-15-17(19)23-18(28-15)22-11(2)26/h5-7,10,13H,4,8-9H2,1-3H3,(H,22,23,26). The van der Waals surface area contributed by atoms with Crippen LogP contribution in [0.1, 0.15) is 25.1 Å². The number of carbonyl (C=O) groups is 1. The number of halogens is 1. The lowest BCUT2D eigenvalue weighted by Gasteiger charge is -2.19. The molecule has 0 spiro atoms. The summed E-state index contributed by atoms with van der Waals surface area (Å²) >= 11 is 1.16. The maximum absolute atomic E-state index is 14.1. The Kier molecular flexibility index (Phi) is 4.98. The third-order valence-electron chi connectivity index (χ3n) is 4.84. The summed E-state index contributed by atoms with van der Waals surface area (Å²) in [6, 6.07) is 2.12. The van der Waals surface area contributed by atoms with Crippen LogP contribution >= 0.6 is 11.3 Å². The average Bonchev–Trinajstić information content (AvgIpc) is 3.26. The van der Waals surface area contributed by atoms with Gasteiger partial charge >= 0.3 is 0 Å². The van der Waals surface area contributed by atoms with Crippen LogP contribution in [0.4, 0.5) is 9.52 Å². The highest BCUT2D eigenvalue weighted by atomic mass is 32.1. The molecule has 0 aliphatic carbocycles. The fraction of sp³-hybridized carbons (Fsp3) is 0.444. The number of anilines is 1. The molecule has 1 fully saturated rings. The van der Waals surface area contributed by atoms with Crippen LogP contribution in [0.3, 0.4) is 0 Å². The van der Waals surface area contributed by atoms with Crippen molar-refractivity contribution in [3.8, 4) is 5.88 Å². The molecule has 4 rings (SSSR count). The second kappa shape index (κ2) is 7.44. The van der Waals surface area contributed by atoms with E-state index in [-0.39, 0.29) is 23.2 Å². The van der Waals surface area contributed by atoms with E-state index in [4.69, 9.17) is 4.74 Å². The fourth-order valence-corrected chi connectivity index (χ4v) is 4.35. The molecule has 1 aliphatic heterocycles. The van der Waals surface area contributed by atoms with Gasteiger partial charge in [0.15, 0.2) is 5.13 Å². The van der Waals surface area contributed by atoms with Crippen LogP contribution < -0.4 is 10.1 Å². The van der Waals surface area contributed by atoms with E-state index in [2.05, 4.69) is 32.2 Å². The van der Waals surface area contributed by atoms with Crippen molar-refractivity contribution < 1.29 is 13.9 Å². The number of carbonyl (C=O) groups excluding carboxylic acids is 1. The lowest BCUT2D eigenvalue weighted by Crippen LogP contribution is -2.28. The van der Waals surface area contributed by atoms with Crippen LogP contribution in [0.15, 0.2) is 18.5 Å². The normalized spacial score (nSPS) is 20.0. The first-order chi connectivity index (χ1) is 13.4. The molecule has 10 heteroatoms. The highest BCUT2D eigenvalue weighted by Gasteiger charge is 2.32. The molecule has 1 aliphatic rings. The second-order valence-electron chi connectivity index (χ2n) is 7.02. The van der Waals surface area contributed by atoms with Crippen LogP contribution in [0, 0.1) is 5.95 Å². The van der Waals surface area contributed by atoms with E-state index >= 15 is 0 Å². The summed E-state index contributed by atoms with van der Waals surface area (Å²) in [5, 5.41) is 8.01. The van der Waals surface area contributed by atoms with E-state index < -0.39 is 5.95 Å². The van der Waals surface area contributed by atoms with E-state index in [1.165, 1.54) is 6.92 Å². The molecule has 1 N–H and O–H groups in total. The number of aromatic nitrogens is 4. The molecule has 3 aromatic heterocycles. The summed E-state index contributed by atoms with van der Waals surface area (Å²) in [5.41, 5.74) is 0.949. The molecule has 2 unspecified atom stereocenters. The Morgan fingerprint density at radius 3 is 3.07 bits per heavy atom. The van der Waals surface area contributed by atoms with Gasteiger partial charge in [-0.25, -0.2) is 4.98 Å². The molecule has 3 aromatic rings. The number of ether oxygens (including phenoxy) is 1. The summed E-state index contributed by atoms with van der Waals surface area (Å²) in [5.74, 6) is -0.230.